The van der Waals surface area contributed by atoms with Crippen molar-refractivity contribution in [2.24, 2.45) is 0 Å². The van der Waals surface area contributed by atoms with Crippen LogP contribution in [0.3, 0.4) is 0 Å². The molecule has 0 radical (unpaired) electrons. The van der Waals surface area contributed by atoms with Crippen LogP contribution in [0.25, 0.3) is 0 Å². The van der Waals surface area contributed by atoms with Crippen molar-refractivity contribution < 1.29 is 17.1 Å². The Bertz CT molecular complexity index is 513. The maximum atomic E-state index is 5.89. The van der Waals surface area contributed by atoms with Crippen LogP contribution < -0.4 is 22.5 Å². The molecule has 0 amide bonds. The summed E-state index contributed by atoms with van der Waals surface area (Å²) in [5.74, 6) is 0.933. The van der Waals surface area contributed by atoms with Crippen molar-refractivity contribution in [3.63, 3.8) is 0 Å². The first-order chi connectivity index (χ1) is 9.40. The zero-order chi connectivity index (χ0) is 13.3. The molecule has 2 nitrogen and oxygen atoms in total. The summed E-state index contributed by atoms with van der Waals surface area (Å²) >= 11 is 0. The van der Waals surface area contributed by atoms with Crippen molar-refractivity contribution in [1.29, 1.82) is 0 Å². The van der Waals surface area contributed by atoms with Crippen molar-refractivity contribution in [1.82, 2.24) is 5.32 Å². The van der Waals surface area contributed by atoms with E-state index >= 15 is 0 Å². The van der Waals surface area contributed by atoms with E-state index in [4.69, 9.17) is 4.74 Å². The van der Waals surface area contributed by atoms with Crippen LogP contribution in [0, 0.1) is 0 Å². The molecule has 0 bridgehead atoms. The molecule has 0 atom stereocenters. The molecule has 0 unspecified atom stereocenters. The summed E-state index contributed by atoms with van der Waals surface area (Å²) in [4.78, 5) is 0. The molecule has 0 aliphatic rings. The Morgan fingerprint density at radius 1 is 1.00 bits per heavy atom. The van der Waals surface area contributed by atoms with Gasteiger partial charge < -0.3 is 22.5 Å². The largest absolute Gasteiger partial charge is 1.00 e. The lowest BCUT2D eigenvalue weighted by molar-refractivity contribution is -0.00000419. The molecule has 0 aliphatic carbocycles. The molecule has 2 rings (SSSR count). The first-order valence-electron chi connectivity index (χ1n) is 6.46. The summed E-state index contributed by atoms with van der Waals surface area (Å²) in [6, 6.07) is 18.3. The highest BCUT2D eigenvalue weighted by atomic mass is 35.5. The fraction of sp³-hybridized carbons (Fsp3) is 0.176. The minimum Gasteiger partial charge on any atom is -1.00 e. The molecule has 0 aliphatic heterocycles. The van der Waals surface area contributed by atoms with E-state index in [1.807, 2.05) is 42.5 Å². The van der Waals surface area contributed by atoms with E-state index in [9.17, 15) is 0 Å². The van der Waals surface area contributed by atoms with Gasteiger partial charge in [0.2, 0.25) is 0 Å². The molecule has 0 saturated heterocycles. The normalized spacial score (nSPS) is 9.60. The molecule has 2 aromatic carbocycles. The van der Waals surface area contributed by atoms with Gasteiger partial charge in [-0.05, 0) is 11.6 Å². The Labute approximate surface area is 126 Å². The number of hydrogen-bond donors (Lipinski definition) is 1. The van der Waals surface area contributed by atoms with E-state index in [1.54, 1.807) is 0 Å². The maximum Gasteiger partial charge on any atom is 0.124 e. The summed E-state index contributed by atoms with van der Waals surface area (Å²) in [5, 5.41) is 3.29. The monoisotopic (exact) mass is 288 g/mol. The van der Waals surface area contributed by atoms with Crippen molar-refractivity contribution in [3.05, 3.63) is 78.4 Å². The van der Waals surface area contributed by atoms with Gasteiger partial charge in [0.25, 0.3) is 0 Å². The van der Waals surface area contributed by atoms with Gasteiger partial charge in [-0.15, -0.1) is 6.58 Å². The molecule has 1 N–H and O–H groups in total. The number of ether oxygens (including phenoxy) is 1. The van der Waals surface area contributed by atoms with Crippen LogP contribution in [0.1, 0.15) is 11.1 Å². The van der Waals surface area contributed by atoms with Gasteiger partial charge in [-0.25, -0.2) is 0 Å². The van der Waals surface area contributed by atoms with Crippen LogP contribution in [0.5, 0.6) is 5.75 Å². The van der Waals surface area contributed by atoms with Gasteiger partial charge in [-0.2, -0.15) is 0 Å². The molecule has 2 aromatic rings. The van der Waals surface area contributed by atoms with Crippen LogP contribution in [0.4, 0.5) is 0 Å². The van der Waals surface area contributed by atoms with Crippen molar-refractivity contribution in [2.75, 3.05) is 6.54 Å². The molecule has 0 fully saturated rings. The predicted octanol–water partition coefficient (Wildman–Crippen LogP) is 0.545. The SMILES string of the molecule is C=CCNCc1ccccc1OCc1ccccc1.[Cl-]. The third-order valence-electron chi connectivity index (χ3n) is 2.81. The number of hydrogen-bond acceptors (Lipinski definition) is 2. The minimum absolute atomic E-state index is 0. The standard InChI is InChI=1S/C17H19NO.ClH/c1-2-12-18-13-16-10-6-7-11-17(16)19-14-15-8-4-3-5-9-15;/h2-11,18H,1,12-14H2;1H/p-1. The van der Waals surface area contributed by atoms with E-state index in [0.29, 0.717) is 6.61 Å². The fourth-order valence-corrected chi connectivity index (χ4v) is 1.83. The Kier molecular flexibility index (Phi) is 7.48. The van der Waals surface area contributed by atoms with Gasteiger partial charge >= 0.3 is 0 Å². The summed E-state index contributed by atoms with van der Waals surface area (Å²) in [6.07, 6.45) is 1.85. The quantitative estimate of drug-likeness (QED) is 0.593. The number of para-hydroxylation sites is 1. The second-order valence-electron chi connectivity index (χ2n) is 4.30. The maximum absolute atomic E-state index is 5.89. The molecule has 0 aromatic heterocycles. The van der Waals surface area contributed by atoms with Crippen LogP contribution in [0.2, 0.25) is 0 Å². The van der Waals surface area contributed by atoms with Crippen LogP contribution in [-0.4, -0.2) is 6.54 Å². The zero-order valence-corrected chi connectivity index (χ0v) is 12.1. The summed E-state index contributed by atoms with van der Waals surface area (Å²) in [5.41, 5.74) is 2.34. The Morgan fingerprint density at radius 3 is 2.45 bits per heavy atom. The second-order valence-corrected chi connectivity index (χ2v) is 4.30. The lowest BCUT2D eigenvalue weighted by Crippen LogP contribution is -3.00. The molecular formula is C17H19ClNO-. The summed E-state index contributed by atoms with van der Waals surface area (Å²) < 4.78 is 5.89. The first-order valence-corrected chi connectivity index (χ1v) is 6.46. The number of halogens is 1. The van der Waals surface area contributed by atoms with Gasteiger partial charge in [-0.1, -0.05) is 54.6 Å². The molecule has 20 heavy (non-hydrogen) atoms. The summed E-state index contributed by atoms with van der Waals surface area (Å²) in [7, 11) is 0. The third-order valence-corrected chi connectivity index (χ3v) is 2.81. The third kappa shape index (κ3) is 5.08. The van der Waals surface area contributed by atoms with Gasteiger partial charge in [0.15, 0.2) is 0 Å². The molecule has 0 saturated carbocycles. The smallest absolute Gasteiger partial charge is 0.124 e. The molecule has 106 valence electrons. The highest BCUT2D eigenvalue weighted by Gasteiger charge is 2.02. The average molecular weight is 289 g/mol. The van der Waals surface area contributed by atoms with E-state index in [-0.39, 0.29) is 12.4 Å². The van der Waals surface area contributed by atoms with Gasteiger partial charge in [-0.3, -0.25) is 0 Å². The zero-order valence-electron chi connectivity index (χ0n) is 11.4. The summed E-state index contributed by atoms with van der Waals surface area (Å²) in [6.45, 7) is 5.88. The fourth-order valence-electron chi connectivity index (χ4n) is 1.83. The Balaban J connectivity index is 0.00000200. The average Bonchev–Trinajstić information content (AvgIpc) is 2.48. The Hall–Kier alpha value is -1.77. The second kappa shape index (κ2) is 9.18. The first kappa shape index (κ1) is 16.3. The topological polar surface area (TPSA) is 21.3 Å². The van der Waals surface area contributed by atoms with Crippen LogP contribution in [0.15, 0.2) is 67.3 Å². The Morgan fingerprint density at radius 2 is 1.70 bits per heavy atom. The van der Waals surface area contributed by atoms with E-state index in [0.717, 1.165) is 18.8 Å². The number of rotatable bonds is 7. The number of nitrogens with one attached hydrogen (secondary N) is 1. The highest BCUT2D eigenvalue weighted by Crippen LogP contribution is 2.19. The minimum atomic E-state index is 0. The van der Waals surface area contributed by atoms with Crippen molar-refractivity contribution in [2.45, 2.75) is 13.2 Å². The molecular weight excluding hydrogens is 270 g/mol. The van der Waals surface area contributed by atoms with E-state index in [1.165, 1.54) is 11.1 Å². The van der Waals surface area contributed by atoms with Crippen molar-refractivity contribution in [3.8, 4) is 5.75 Å². The molecule has 0 spiro atoms. The highest BCUT2D eigenvalue weighted by molar-refractivity contribution is 5.33. The van der Waals surface area contributed by atoms with Gasteiger partial charge in [0.1, 0.15) is 12.4 Å². The lowest BCUT2D eigenvalue weighted by atomic mass is 10.2. The number of benzene rings is 2. The van der Waals surface area contributed by atoms with E-state index in [2.05, 4.69) is 30.1 Å². The van der Waals surface area contributed by atoms with Crippen LogP contribution >= 0.6 is 0 Å². The predicted molar refractivity (Wildman–Crippen MR) is 79.1 cm³/mol. The van der Waals surface area contributed by atoms with Crippen LogP contribution in [-0.2, 0) is 13.2 Å². The van der Waals surface area contributed by atoms with Gasteiger partial charge in [0.05, 0.1) is 0 Å². The van der Waals surface area contributed by atoms with E-state index < -0.39 is 0 Å². The lowest BCUT2D eigenvalue weighted by Gasteiger charge is -2.11. The van der Waals surface area contributed by atoms with Crippen molar-refractivity contribution >= 4 is 0 Å². The molecule has 3 heteroatoms. The van der Waals surface area contributed by atoms with Gasteiger partial charge in [0, 0.05) is 18.7 Å². The molecule has 0 heterocycles.